The number of amides is 2. The summed E-state index contributed by atoms with van der Waals surface area (Å²) in [4.78, 5) is 23.4. The zero-order chi connectivity index (χ0) is 16.8. The van der Waals surface area contributed by atoms with Crippen molar-refractivity contribution in [1.82, 2.24) is 9.78 Å². The molecule has 130 valence electrons. The maximum Gasteiger partial charge on any atom is 0.246 e. The summed E-state index contributed by atoms with van der Waals surface area (Å²) in [6, 6.07) is 6.38. The van der Waals surface area contributed by atoms with Crippen LogP contribution < -0.4 is 21.1 Å². The van der Waals surface area contributed by atoms with Crippen LogP contribution >= 0.6 is 12.4 Å². The van der Waals surface area contributed by atoms with E-state index in [1.807, 2.05) is 0 Å². The number of rotatable bonds is 6. The van der Waals surface area contributed by atoms with Crippen molar-refractivity contribution in [3.63, 3.8) is 0 Å². The van der Waals surface area contributed by atoms with Gasteiger partial charge in [0.25, 0.3) is 0 Å². The molecule has 0 fully saturated rings. The smallest absolute Gasteiger partial charge is 0.246 e. The molecule has 2 amide bonds. The molecule has 9 heteroatoms. The summed E-state index contributed by atoms with van der Waals surface area (Å²) < 4.78 is 6.48. The third-order valence-electron chi connectivity index (χ3n) is 2.99. The summed E-state index contributed by atoms with van der Waals surface area (Å²) >= 11 is 0. The normalized spacial score (nSPS) is 11.1. The molecule has 0 unspecified atom stereocenters. The van der Waals surface area contributed by atoms with E-state index in [-0.39, 0.29) is 30.8 Å². The van der Waals surface area contributed by atoms with Gasteiger partial charge in [0.2, 0.25) is 11.8 Å². The van der Waals surface area contributed by atoms with E-state index in [9.17, 15) is 9.59 Å². The number of anilines is 2. The van der Waals surface area contributed by atoms with E-state index in [4.69, 9.17) is 10.5 Å². The van der Waals surface area contributed by atoms with Gasteiger partial charge in [-0.2, -0.15) is 5.10 Å². The molecular formula is C15H20ClN5O3. The number of aromatic nitrogens is 2. The first-order chi connectivity index (χ1) is 11.0. The van der Waals surface area contributed by atoms with Crippen molar-refractivity contribution in [2.45, 2.75) is 19.5 Å². The highest BCUT2D eigenvalue weighted by molar-refractivity contribution is 5.94. The molecule has 0 saturated carbocycles. The van der Waals surface area contributed by atoms with Crippen LogP contribution in [0.3, 0.4) is 0 Å². The van der Waals surface area contributed by atoms with Gasteiger partial charge in [0.05, 0.1) is 25.0 Å². The van der Waals surface area contributed by atoms with Gasteiger partial charge >= 0.3 is 0 Å². The van der Waals surface area contributed by atoms with Crippen LogP contribution in [0.1, 0.15) is 6.92 Å². The Balaban J connectivity index is 0.00000288. The number of nitrogens with two attached hydrogens (primary N) is 1. The average molecular weight is 354 g/mol. The van der Waals surface area contributed by atoms with Gasteiger partial charge in [-0.1, -0.05) is 0 Å². The molecular weight excluding hydrogens is 334 g/mol. The van der Waals surface area contributed by atoms with Gasteiger partial charge < -0.3 is 21.1 Å². The molecule has 1 heterocycles. The Morgan fingerprint density at radius 2 is 1.92 bits per heavy atom. The number of benzene rings is 1. The molecule has 8 nitrogen and oxygen atoms in total. The molecule has 1 atom stereocenters. The predicted octanol–water partition coefficient (Wildman–Crippen LogP) is 1.24. The Morgan fingerprint density at radius 3 is 2.50 bits per heavy atom. The molecule has 4 N–H and O–H groups in total. The molecule has 0 bridgehead atoms. The molecule has 24 heavy (non-hydrogen) atoms. The van der Waals surface area contributed by atoms with Crippen LogP contribution in [0.25, 0.3) is 0 Å². The Hall–Kier alpha value is -2.58. The highest BCUT2D eigenvalue weighted by Crippen LogP contribution is 2.15. The van der Waals surface area contributed by atoms with Crippen LogP contribution in [0.15, 0.2) is 36.7 Å². The number of carbonyl (C=O) groups excluding carboxylic acids is 2. The molecule has 0 radical (unpaired) electrons. The van der Waals surface area contributed by atoms with Crippen LogP contribution in [-0.2, 0) is 16.1 Å². The highest BCUT2D eigenvalue weighted by Gasteiger charge is 2.10. The van der Waals surface area contributed by atoms with Gasteiger partial charge in [0.15, 0.2) is 0 Å². The van der Waals surface area contributed by atoms with Crippen molar-refractivity contribution in [2.24, 2.45) is 5.73 Å². The Labute approximate surface area is 145 Å². The zero-order valence-corrected chi connectivity index (χ0v) is 14.2. The van der Waals surface area contributed by atoms with E-state index in [0.29, 0.717) is 17.1 Å². The van der Waals surface area contributed by atoms with Crippen LogP contribution in [0.4, 0.5) is 11.4 Å². The first-order valence-electron chi connectivity index (χ1n) is 7.00. The first kappa shape index (κ1) is 19.5. The van der Waals surface area contributed by atoms with Crippen molar-refractivity contribution in [3.8, 4) is 5.75 Å². The molecule has 0 aliphatic heterocycles. The minimum Gasteiger partial charge on any atom is -0.497 e. The summed E-state index contributed by atoms with van der Waals surface area (Å²) in [5.74, 6) is 0.167. The average Bonchev–Trinajstić information content (AvgIpc) is 2.94. The molecule has 0 saturated heterocycles. The molecule has 2 rings (SSSR count). The summed E-state index contributed by atoms with van der Waals surface area (Å²) in [6.45, 7) is 1.61. The Morgan fingerprint density at radius 1 is 1.25 bits per heavy atom. The van der Waals surface area contributed by atoms with Crippen LogP contribution in [-0.4, -0.2) is 34.7 Å². The maximum atomic E-state index is 12.0. The number of nitrogens with zero attached hydrogens (tertiary/aromatic N) is 2. The number of methoxy groups -OCH3 is 1. The number of carbonyl (C=O) groups is 2. The summed E-state index contributed by atoms with van der Waals surface area (Å²) in [7, 11) is 1.58. The lowest BCUT2D eigenvalue weighted by Crippen LogP contribution is -2.32. The van der Waals surface area contributed by atoms with Gasteiger partial charge in [-0.05, 0) is 31.2 Å². The second-order valence-corrected chi connectivity index (χ2v) is 4.98. The fourth-order valence-electron chi connectivity index (χ4n) is 1.79. The van der Waals surface area contributed by atoms with Gasteiger partial charge in [-0.3, -0.25) is 14.3 Å². The second kappa shape index (κ2) is 8.90. The zero-order valence-electron chi connectivity index (χ0n) is 13.4. The van der Waals surface area contributed by atoms with Crippen molar-refractivity contribution in [2.75, 3.05) is 17.7 Å². The lowest BCUT2D eigenvalue weighted by Gasteiger charge is -2.06. The van der Waals surface area contributed by atoms with E-state index in [1.165, 1.54) is 10.9 Å². The van der Waals surface area contributed by atoms with Crippen LogP contribution in [0, 0.1) is 0 Å². The summed E-state index contributed by atoms with van der Waals surface area (Å²) in [6.07, 6.45) is 3.02. The standard InChI is InChI=1S/C15H19N5O3.ClH/c1-10(16)15(22)19-12-7-17-20(8-12)9-14(21)18-11-3-5-13(23-2)6-4-11;/h3-8,10H,9,16H2,1-2H3,(H,18,21)(H,19,22);1H/t10-;/m1./s1. The number of hydrogen-bond acceptors (Lipinski definition) is 5. The predicted molar refractivity (Wildman–Crippen MR) is 93.4 cm³/mol. The van der Waals surface area contributed by atoms with E-state index in [2.05, 4.69) is 15.7 Å². The third-order valence-corrected chi connectivity index (χ3v) is 2.99. The number of halogens is 1. The largest absolute Gasteiger partial charge is 0.497 e. The summed E-state index contributed by atoms with van der Waals surface area (Å²) in [5.41, 5.74) is 6.62. The van der Waals surface area contributed by atoms with Gasteiger partial charge in [-0.25, -0.2) is 0 Å². The van der Waals surface area contributed by atoms with Crippen molar-refractivity contribution < 1.29 is 14.3 Å². The van der Waals surface area contributed by atoms with E-state index in [1.54, 1.807) is 44.5 Å². The van der Waals surface area contributed by atoms with E-state index in [0.717, 1.165) is 0 Å². The Kier molecular flexibility index (Phi) is 7.22. The van der Waals surface area contributed by atoms with Gasteiger partial charge in [-0.15, -0.1) is 12.4 Å². The van der Waals surface area contributed by atoms with Crippen molar-refractivity contribution >= 4 is 35.6 Å². The SMILES string of the molecule is COc1ccc(NC(=O)Cn2cc(NC(=O)[C@@H](C)N)cn2)cc1.Cl. The van der Waals surface area contributed by atoms with Gasteiger partial charge in [0, 0.05) is 11.9 Å². The lowest BCUT2D eigenvalue weighted by molar-refractivity contribution is -0.117. The van der Waals surface area contributed by atoms with Crippen LogP contribution in [0.5, 0.6) is 5.75 Å². The van der Waals surface area contributed by atoms with E-state index < -0.39 is 6.04 Å². The van der Waals surface area contributed by atoms with Gasteiger partial charge in [0.1, 0.15) is 12.3 Å². The van der Waals surface area contributed by atoms with Crippen molar-refractivity contribution in [3.05, 3.63) is 36.7 Å². The molecule has 1 aromatic carbocycles. The molecule has 2 aromatic rings. The fraction of sp³-hybridized carbons (Fsp3) is 0.267. The number of hydrogen-bond donors (Lipinski definition) is 3. The Bertz CT molecular complexity index is 685. The van der Waals surface area contributed by atoms with E-state index >= 15 is 0 Å². The maximum absolute atomic E-state index is 12.0. The monoisotopic (exact) mass is 353 g/mol. The first-order valence-corrected chi connectivity index (χ1v) is 7.00. The molecule has 0 spiro atoms. The third kappa shape index (κ3) is 5.56. The topological polar surface area (TPSA) is 111 Å². The quantitative estimate of drug-likeness (QED) is 0.723. The molecule has 0 aliphatic rings. The molecule has 0 aliphatic carbocycles. The second-order valence-electron chi connectivity index (χ2n) is 4.98. The van der Waals surface area contributed by atoms with Crippen LogP contribution in [0.2, 0.25) is 0 Å². The fourth-order valence-corrected chi connectivity index (χ4v) is 1.79. The minimum atomic E-state index is -0.614. The summed E-state index contributed by atoms with van der Waals surface area (Å²) in [5, 5.41) is 9.37. The number of nitrogens with one attached hydrogen (secondary N) is 2. The van der Waals surface area contributed by atoms with Crippen molar-refractivity contribution in [1.29, 1.82) is 0 Å². The highest BCUT2D eigenvalue weighted by atomic mass is 35.5. The lowest BCUT2D eigenvalue weighted by atomic mass is 10.3. The number of ether oxygens (including phenoxy) is 1. The molecule has 1 aromatic heterocycles. The minimum absolute atomic E-state index is 0.